The summed E-state index contributed by atoms with van der Waals surface area (Å²) in [5.74, 6) is 0. The van der Waals surface area contributed by atoms with Crippen LogP contribution in [-0.2, 0) is 0 Å². The standard InChI is InChI=1S/C16H22S2Si.2BrH.2Mg/c1-3-5-13-19(14-6-4-2,15-9-7-11-17-15)16-10-8-12-18-16;;;;/h7-10H,3-6,13-14H2,1-2H3;2*1H;;/q-2;;;2*+2/p-2. The molecule has 2 aromatic heterocycles. The summed E-state index contributed by atoms with van der Waals surface area (Å²) >= 11 is 3.72. The van der Waals surface area contributed by atoms with Crippen LogP contribution in [0.1, 0.15) is 39.5 Å². The third-order valence-electron chi connectivity index (χ3n) is 3.80. The Morgan fingerprint density at radius 1 is 0.826 bits per heavy atom. The van der Waals surface area contributed by atoms with Crippen LogP contribution in [-0.4, -0.2) is 54.2 Å². The van der Waals surface area contributed by atoms with E-state index >= 15 is 0 Å². The van der Waals surface area contributed by atoms with E-state index in [9.17, 15) is 0 Å². The van der Waals surface area contributed by atoms with Crippen molar-refractivity contribution in [1.82, 2.24) is 0 Å². The topological polar surface area (TPSA) is 0 Å². The first-order chi connectivity index (χ1) is 9.33. The van der Waals surface area contributed by atoms with Crippen molar-refractivity contribution in [2.75, 3.05) is 0 Å². The predicted octanol–water partition coefficient (Wildman–Crippen LogP) is -2.18. The molecule has 23 heavy (non-hydrogen) atoms. The molecule has 0 bridgehead atoms. The average molecular weight is 515 g/mol. The Morgan fingerprint density at radius 3 is 1.48 bits per heavy atom. The zero-order valence-corrected chi connectivity index (χ0v) is 22.7. The van der Waals surface area contributed by atoms with Crippen LogP contribution in [0, 0.1) is 10.8 Å². The van der Waals surface area contributed by atoms with E-state index in [0.717, 1.165) is 0 Å². The Balaban J connectivity index is -0.000001000. The summed E-state index contributed by atoms with van der Waals surface area (Å²) in [5.41, 5.74) is 0. The summed E-state index contributed by atoms with van der Waals surface area (Å²) in [6, 6.07) is 11.7. The molecule has 0 amide bonds. The number of thiophene rings is 2. The minimum atomic E-state index is -1.51. The fourth-order valence-corrected chi connectivity index (χ4v) is 11.7. The second-order valence-electron chi connectivity index (χ2n) is 5.12. The molecule has 7 heteroatoms. The van der Waals surface area contributed by atoms with Crippen LogP contribution in [0.25, 0.3) is 0 Å². The molecule has 2 aromatic rings. The Kier molecular flexibility index (Phi) is 21.2. The molecule has 0 radical (unpaired) electrons. The molecule has 0 atom stereocenters. The molecule has 2 heterocycles. The maximum Gasteiger partial charge on any atom is 2.00 e. The minimum absolute atomic E-state index is 0. The van der Waals surface area contributed by atoms with Crippen LogP contribution in [0.3, 0.4) is 0 Å². The van der Waals surface area contributed by atoms with Gasteiger partial charge in [0.2, 0.25) is 0 Å². The van der Waals surface area contributed by atoms with Gasteiger partial charge in [0.25, 0.3) is 0 Å². The van der Waals surface area contributed by atoms with Crippen LogP contribution in [0.4, 0.5) is 0 Å². The zero-order valence-electron chi connectivity index (χ0n) is 14.0. The Labute approximate surface area is 204 Å². The fourth-order valence-electron chi connectivity index (χ4n) is 2.69. The molecule has 2 rings (SSSR count). The number of halogens is 2. The van der Waals surface area contributed by atoms with E-state index in [1.54, 1.807) is 9.00 Å². The Hall–Kier alpha value is 2.11. The molecule has 0 aliphatic rings. The molecule has 0 saturated carbocycles. The number of hydrogen-bond donors (Lipinski definition) is 0. The van der Waals surface area contributed by atoms with Gasteiger partial charge in [-0.1, -0.05) is 51.6 Å². The Morgan fingerprint density at radius 2 is 1.22 bits per heavy atom. The van der Waals surface area contributed by atoms with Gasteiger partial charge in [-0.25, -0.2) is 12.1 Å². The van der Waals surface area contributed by atoms with Gasteiger partial charge in [0.1, 0.15) is 0 Å². The van der Waals surface area contributed by atoms with Crippen molar-refractivity contribution >= 4 is 85.9 Å². The van der Waals surface area contributed by atoms with Crippen molar-refractivity contribution in [3.05, 3.63) is 35.0 Å². The van der Waals surface area contributed by atoms with Gasteiger partial charge >= 0.3 is 46.1 Å². The predicted molar refractivity (Wildman–Crippen MR) is 102 cm³/mol. The molecule has 0 spiro atoms. The smallest absolute Gasteiger partial charge is 1.00 e. The third kappa shape index (κ3) is 8.11. The maximum absolute atomic E-state index is 3.32. The first kappa shape index (κ1) is 29.9. The Bertz CT molecular complexity index is 420. The molecule has 120 valence electrons. The van der Waals surface area contributed by atoms with Gasteiger partial charge in [0.15, 0.2) is 0 Å². The molecule has 0 N–H and O–H groups in total. The van der Waals surface area contributed by atoms with Crippen LogP contribution in [0.15, 0.2) is 24.3 Å². The van der Waals surface area contributed by atoms with Crippen molar-refractivity contribution < 1.29 is 34.0 Å². The van der Waals surface area contributed by atoms with Crippen molar-refractivity contribution in [2.24, 2.45) is 0 Å². The quantitative estimate of drug-likeness (QED) is 0.278. The van der Waals surface area contributed by atoms with Gasteiger partial charge in [-0.2, -0.15) is 21.1 Å². The van der Waals surface area contributed by atoms with Gasteiger partial charge in [-0.15, -0.1) is 10.8 Å². The number of hydrogen-bond acceptors (Lipinski definition) is 2. The van der Waals surface area contributed by atoms with E-state index < -0.39 is 8.07 Å². The summed E-state index contributed by atoms with van der Waals surface area (Å²) < 4.78 is 3.26. The fraction of sp³-hybridized carbons (Fsp3) is 0.500. The van der Waals surface area contributed by atoms with E-state index in [0.29, 0.717) is 0 Å². The molecule has 0 aliphatic heterocycles. The molecule has 0 aromatic carbocycles. The summed E-state index contributed by atoms with van der Waals surface area (Å²) in [7, 11) is -1.51. The van der Waals surface area contributed by atoms with Crippen molar-refractivity contribution in [1.29, 1.82) is 0 Å². The van der Waals surface area contributed by atoms with Crippen LogP contribution < -0.4 is 43.0 Å². The average Bonchev–Trinajstić information content (AvgIpc) is 3.12. The summed E-state index contributed by atoms with van der Waals surface area (Å²) in [6.07, 6.45) is 5.30. The van der Waals surface area contributed by atoms with E-state index in [1.807, 2.05) is 22.7 Å². The normalized spacial score (nSPS) is 9.83. The molecule has 0 nitrogen and oxygen atoms in total. The largest absolute Gasteiger partial charge is 2.00 e. The monoisotopic (exact) mass is 512 g/mol. The van der Waals surface area contributed by atoms with E-state index in [4.69, 9.17) is 0 Å². The number of rotatable bonds is 8. The SMILES string of the molecule is CCCC[Si](CCCC)(c1cc[c-]s1)c1cc[c-]s1.[Br-].[Br-].[Mg+2].[Mg+2]. The molecule has 0 unspecified atom stereocenters. The van der Waals surface area contributed by atoms with Gasteiger partial charge in [0, 0.05) is 0 Å². The second kappa shape index (κ2) is 16.3. The van der Waals surface area contributed by atoms with Gasteiger partial charge in [0.05, 0.1) is 0 Å². The molecule has 0 aliphatic carbocycles. The van der Waals surface area contributed by atoms with Crippen LogP contribution in [0.5, 0.6) is 0 Å². The second-order valence-corrected chi connectivity index (χ2v) is 11.8. The number of unbranched alkanes of at least 4 members (excludes halogenated alkanes) is 2. The molecule has 0 fully saturated rings. The molecular weight excluding hydrogens is 493 g/mol. The van der Waals surface area contributed by atoms with Crippen LogP contribution >= 0.6 is 22.7 Å². The van der Waals surface area contributed by atoms with Crippen LogP contribution in [0.2, 0.25) is 12.1 Å². The van der Waals surface area contributed by atoms with Gasteiger partial charge < -0.3 is 56.6 Å². The zero-order chi connectivity index (χ0) is 13.6. The van der Waals surface area contributed by atoms with Crippen molar-refractivity contribution in [3.8, 4) is 0 Å². The maximum atomic E-state index is 3.32. The summed E-state index contributed by atoms with van der Waals surface area (Å²) in [5, 5.41) is 6.64. The van der Waals surface area contributed by atoms with Gasteiger partial charge in [-0.05, 0) is 8.07 Å². The minimum Gasteiger partial charge on any atom is -1.00 e. The summed E-state index contributed by atoms with van der Waals surface area (Å²) in [6.45, 7) is 4.61. The van der Waals surface area contributed by atoms with Crippen molar-refractivity contribution in [3.63, 3.8) is 0 Å². The first-order valence-electron chi connectivity index (χ1n) is 7.26. The molecular formula is C16H22Br2Mg2S2Si. The van der Waals surface area contributed by atoms with E-state index in [1.165, 1.54) is 37.8 Å². The summed E-state index contributed by atoms with van der Waals surface area (Å²) in [4.78, 5) is 0. The van der Waals surface area contributed by atoms with Crippen molar-refractivity contribution in [2.45, 2.75) is 51.6 Å². The third-order valence-corrected chi connectivity index (χ3v) is 12.6. The van der Waals surface area contributed by atoms with E-state index in [-0.39, 0.29) is 80.1 Å². The first-order valence-corrected chi connectivity index (χ1v) is 11.3. The van der Waals surface area contributed by atoms with Gasteiger partial charge in [-0.3, -0.25) is 0 Å². The van der Waals surface area contributed by atoms with E-state index in [2.05, 4.69) is 48.9 Å². The molecule has 0 saturated heterocycles.